The normalized spacial score (nSPS) is 13.2. The molecular weight excluding hydrogens is 380 g/mol. The molecule has 0 atom stereocenters. The van der Waals surface area contributed by atoms with Crippen LogP contribution in [0.5, 0.6) is 0 Å². The highest BCUT2D eigenvalue weighted by Gasteiger charge is 2.14. The molecule has 0 radical (unpaired) electrons. The number of amides is 1. The zero-order valence-electron chi connectivity index (χ0n) is 11.6. The molecule has 0 bridgehead atoms. The average Bonchev–Trinajstić information content (AvgIpc) is 2.55. The number of nitrogens with zero attached hydrogens (tertiary/aromatic N) is 1. The van der Waals surface area contributed by atoms with Gasteiger partial charge in [-0.15, -0.1) is 0 Å². The number of aliphatic imine (C=N–C) groups is 1. The van der Waals surface area contributed by atoms with E-state index in [1.807, 2.05) is 42.5 Å². The molecule has 6 heteroatoms. The van der Waals surface area contributed by atoms with Crippen molar-refractivity contribution in [3.63, 3.8) is 0 Å². The second-order valence-electron chi connectivity index (χ2n) is 4.64. The van der Waals surface area contributed by atoms with Crippen molar-refractivity contribution in [2.45, 2.75) is 5.75 Å². The molecule has 1 amide bonds. The third-order valence-electron chi connectivity index (χ3n) is 3.01. The van der Waals surface area contributed by atoms with E-state index in [1.165, 1.54) is 17.3 Å². The van der Waals surface area contributed by atoms with E-state index in [1.54, 1.807) is 11.8 Å². The number of thioether (sulfide) groups is 2. The molecule has 22 heavy (non-hydrogen) atoms. The van der Waals surface area contributed by atoms with Crippen LogP contribution in [0.1, 0.15) is 5.56 Å². The fraction of sp³-hybridized carbons (Fsp3) is 0.125. The number of hydrogen-bond acceptors (Lipinski definition) is 4. The smallest absolute Gasteiger partial charge is 0.234 e. The molecule has 1 N–H and O–H groups in total. The largest absolute Gasteiger partial charge is 0.325 e. The average molecular weight is 393 g/mol. The van der Waals surface area contributed by atoms with Crippen molar-refractivity contribution in [3.8, 4) is 0 Å². The first-order chi connectivity index (χ1) is 10.7. The SMILES string of the molecule is O=C(CSC1=Nc2ccccc2CS1)Nc1ccc(Br)cc1. The molecule has 0 spiro atoms. The Hall–Kier alpha value is -1.24. The lowest BCUT2D eigenvalue weighted by molar-refractivity contribution is -0.113. The lowest BCUT2D eigenvalue weighted by atomic mass is 10.2. The highest BCUT2D eigenvalue weighted by molar-refractivity contribution is 9.10. The number of carbonyl (C=O) groups is 1. The van der Waals surface area contributed by atoms with E-state index in [0.717, 1.165) is 26.0 Å². The standard InChI is InChI=1S/C16H13BrN2OS2/c17-12-5-7-13(8-6-12)18-15(20)10-22-16-19-14-4-2-1-3-11(14)9-21-16/h1-8H,9-10H2,(H,18,20). The quantitative estimate of drug-likeness (QED) is 0.793. The summed E-state index contributed by atoms with van der Waals surface area (Å²) in [4.78, 5) is 16.6. The summed E-state index contributed by atoms with van der Waals surface area (Å²) in [6.07, 6.45) is 0. The highest BCUT2D eigenvalue weighted by Crippen LogP contribution is 2.34. The van der Waals surface area contributed by atoms with Crippen LogP contribution in [0.4, 0.5) is 11.4 Å². The minimum atomic E-state index is -0.0190. The Morgan fingerprint density at radius 3 is 2.82 bits per heavy atom. The Balaban J connectivity index is 1.55. The van der Waals surface area contributed by atoms with E-state index in [4.69, 9.17) is 0 Å². The third kappa shape index (κ3) is 4.15. The molecule has 3 nitrogen and oxygen atoms in total. The van der Waals surface area contributed by atoms with E-state index >= 15 is 0 Å². The summed E-state index contributed by atoms with van der Waals surface area (Å²) in [5.74, 6) is 1.26. The first-order valence-electron chi connectivity index (χ1n) is 6.68. The monoisotopic (exact) mass is 392 g/mol. The van der Waals surface area contributed by atoms with Crippen molar-refractivity contribution in [2.75, 3.05) is 11.1 Å². The third-order valence-corrected chi connectivity index (χ3v) is 5.78. The van der Waals surface area contributed by atoms with Gasteiger partial charge >= 0.3 is 0 Å². The van der Waals surface area contributed by atoms with Crippen LogP contribution < -0.4 is 5.32 Å². The molecular formula is C16H13BrN2OS2. The summed E-state index contributed by atoms with van der Waals surface area (Å²) >= 11 is 6.54. The summed E-state index contributed by atoms with van der Waals surface area (Å²) < 4.78 is 1.94. The molecule has 0 saturated heterocycles. The molecule has 112 valence electrons. The van der Waals surface area contributed by atoms with Gasteiger partial charge in [-0.25, -0.2) is 4.99 Å². The van der Waals surface area contributed by atoms with Gasteiger partial charge in [0, 0.05) is 15.9 Å². The van der Waals surface area contributed by atoms with E-state index in [9.17, 15) is 4.79 Å². The van der Waals surface area contributed by atoms with Gasteiger partial charge in [0.25, 0.3) is 0 Å². The number of anilines is 1. The maximum atomic E-state index is 12.0. The van der Waals surface area contributed by atoms with Crippen molar-refractivity contribution in [2.24, 2.45) is 4.99 Å². The van der Waals surface area contributed by atoms with Gasteiger partial charge in [-0.05, 0) is 35.9 Å². The molecule has 1 aliphatic rings. The second-order valence-corrected chi connectivity index (χ2v) is 7.74. The van der Waals surface area contributed by atoms with Gasteiger partial charge in [-0.1, -0.05) is 57.7 Å². The van der Waals surface area contributed by atoms with Crippen LogP contribution >= 0.6 is 39.5 Å². The molecule has 0 unspecified atom stereocenters. The summed E-state index contributed by atoms with van der Waals surface area (Å²) in [7, 11) is 0. The topological polar surface area (TPSA) is 41.5 Å². The van der Waals surface area contributed by atoms with Crippen LogP contribution in [0.25, 0.3) is 0 Å². The maximum Gasteiger partial charge on any atom is 0.234 e. The molecule has 0 fully saturated rings. The molecule has 1 aliphatic heterocycles. The minimum Gasteiger partial charge on any atom is -0.325 e. The number of halogens is 1. The van der Waals surface area contributed by atoms with Crippen molar-refractivity contribution >= 4 is 61.1 Å². The summed E-state index contributed by atoms with van der Waals surface area (Å²) in [6.45, 7) is 0. The van der Waals surface area contributed by atoms with Crippen LogP contribution in [0.2, 0.25) is 0 Å². The fourth-order valence-electron chi connectivity index (χ4n) is 1.94. The molecule has 1 heterocycles. The molecule has 0 saturated carbocycles. The number of para-hydroxylation sites is 1. The van der Waals surface area contributed by atoms with Gasteiger partial charge < -0.3 is 5.32 Å². The van der Waals surface area contributed by atoms with E-state index in [-0.39, 0.29) is 5.91 Å². The summed E-state index contributed by atoms with van der Waals surface area (Å²) in [5, 5.41) is 2.88. The second kappa shape index (κ2) is 7.35. The van der Waals surface area contributed by atoms with E-state index < -0.39 is 0 Å². The highest BCUT2D eigenvalue weighted by atomic mass is 79.9. The Morgan fingerprint density at radius 2 is 2.00 bits per heavy atom. The van der Waals surface area contributed by atoms with Crippen molar-refractivity contribution in [3.05, 3.63) is 58.6 Å². The Morgan fingerprint density at radius 1 is 1.23 bits per heavy atom. The van der Waals surface area contributed by atoms with Crippen molar-refractivity contribution < 1.29 is 4.79 Å². The molecule has 0 aliphatic carbocycles. The predicted octanol–water partition coefficient (Wildman–Crippen LogP) is 5.06. The molecule has 0 aromatic heterocycles. The first-order valence-corrected chi connectivity index (χ1v) is 9.45. The number of hydrogen-bond donors (Lipinski definition) is 1. The van der Waals surface area contributed by atoms with Gasteiger partial charge in [0.2, 0.25) is 5.91 Å². The first kappa shape index (κ1) is 15.6. The number of nitrogens with one attached hydrogen (secondary N) is 1. The van der Waals surface area contributed by atoms with Crippen LogP contribution in [0, 0.1) is 0 Å². The number of carbonyl (C=O) groups excluding carboxylic acids is 1. The predicted molar refractivity (Wildman–Crippen MR) is 100 cm³/mol. The van der Waals surface area contributed by atoms with E-state index in [0.29, 0.717) is 5.75 Å². The van der Waals surface area contributed by atoms with Gasteiger partial charge in [0.05, 0.1) is 11.4 Å². The van der Waals surface area contributed by atoms with Gasteiger partial charge in [0.1, 0.15) is 4.38 Å². The number of fused-ring (bicyclic) bond motifs is 1. The Labute approximate surface area is 146 Å². The minimum absolute atomic E-state index is 0.0190. The van der Waals surface area contributed by atoms with Crippen molar-refractivity contribution in [1.29, 1.82) is 0 Å². The zero-order chi connectivity index (χ0) is 15.4. The summed E-state index contributed by atoms with van der Waals surface area (Å²) in [5.41, 5.74) is 3.06. The lowest BCUT2D eigenvalue weighted by Crippen LogP contribution is -2.15. The number of benzene rings is 2. The van der Waals surface area contributed by atoms with Gasteiger partial charge in [0.15, 0.2) is 0 Å². The van der Waals surface area contributed by atoms with Crippen molar-refractivity contribution in [1.82, 2.24) is 0 Å². The van der Waals surface area contributed by atoms with Gasteiger partial charge in [-0.3, -0.25) is 4.79 Å². The van der Waals surface area contributed by atoms with E-state index in [2.05, 4.69) is 32.3 Å². The van der Waals surface area contributed by atoms with Gasteiger partial charge in [-0.2, -0.15) is 0 Å². The summed E-state index contributed by atoms with van der Waals surface area (Å²) in [6, 6.07) is 15.7. The fourth-order valence-corrected chi connectivity index (χ4v) is 4.07. The van der Waals surface area contributed by atoms with Crippen LogP contribution in [0.3, 0.4) is 0 Å². The van der Waals surface area contributed by atoms with Crippen LogP contribution in [0.15, 0.2) is 58.0 Å². The Kier molecular flexibility index (Phi) is 5.23. The molecule has 2 aromatic carbocycles. The van der Waals surface area contributed by atoms with Crippen LogP contribution in [-0.4, -0.2) is 16.0 Å². The molecule has 2 aromatic rings. The van der Waals surface area contributed by atoms with Crippen LogP contribution in [-0.2, 0) is 10.5 Å². The lowest BCUT2D eigenvalue weighted by Gasteiger charge is -2.14. The number of rotatable bonds is 3. The molecule has 3 rings (SSSR count). The zero-order valence-corrected chi connectivity index (χ0v) is 14.8. The Bertz CT molecular complexity index is 716. The maximum absolute atomic E-state index is 12.0.